The summed E-state index contributed by atoms with van der Waals surface area (Å²) < 4.78 is 0. The van der Waals surface area contributed by atoms with Gasteiger partial charge >= 0.3 is 0 Å². The van der Waals surface area contributed by atoms with Crippen LogP contribution in [0.2, 0.25) is 0 Å². The fourth-order valence-corrected chi connectivity index (χ4v) is 2.81. The van der Waals surface area contributed by atoms with Gasteiger partial charge in [-0.3, -0.25) is 9.89 Å². The zero-order chi connectivity index (χ0) is 13.1. The van der Waals surface area contributed by atoms with Crippen molar-refractivity contribution in [2.24, 2.45) is 11.7 Å². The van der Waals surface area contributed by atoms with Crippen molar-refractivity contribution >= 4 is 5.91 Å². The summed E-state index contributed by atoms with van der Waals surface area (Å²) in [5, 5.41) is 10.0. The van der Waals surface area contributed by atoms with Gasteiger partial charge in [0.25, 0.3) is 5.91 Å². The third-order valence-electron chi connectivity index (χ3n) is 3.88. The van der Waals surface area contributed by atoms with Crippen LogP contribution in [-0.2, 0) is 0 Å². The number of carbonyl (C=O) groups is 1. The topological polar surface area (TPSA) is 83.8 Å². The van der Waals surface area contributed by atoms with Crippen LogP contribution >= 0.6 is 0 Å². The SMILES string of the molecule is Cc1n[nH]c(C)c1C(=O)NC1CCCCC1CN. The summed E-state index contributed by atoms with van der Waals surface area (Å²) >= 11 is 0. The van der Waals surface area contributed by atoms with Crippen LogP contribution in [0.4, 0.5) is 0 Å². The number of nitrogens with two attached hydrogens (primary N) is 1. The van der Waals surface area contributed by atoms with Crippen molar-refractivity contribution in [3.63, 3.8) is 0 Å². The minimum absolute atomic E-state index is 0.0240. The van der Waals surface area contributed by atoms with E-state index in [9.17, 15) is 4.79 Å². The molecule has 0 radical (unpaired) electrons. The summed E-state index contributed by atoms with van der Waals surface area (Å²) in [5.41, 5.74) is 8.03. The van der Waals surface area contributed by atoms with Crippen molar-refractivity contribution in [1.82, 2.24) is 15.5 Å². The Hall–Kier alpha value is -1.36. The van der Waals surface area contributed by atoms with E-state index in [2.05, 4.69) is 15.5 Å². The Labute approximate surface area is 108 Å². The van der Waals surface area contributed by atoms with E-state index in [0.29, 0.717) is 18.0 Å². The molecule has 1 aliphatic rings. The van der Waals surface area contributed by atoms with E-state index >= 15 is 0 Å². The first-order valence-electron chi connectivity index (χ1n) is 6.66. The molecule has 4 N–H and O–H groups in total. The van der Waals surface area contributed by atoms with Gasteiger partial charge in [0.05, 0.1) is 11.3 Å². The van der Waals surface area contributed by atoms with Gasteiger partial charge in [0.2, 0.25) is 0 Å². The van der Waals surface area contributed by atoms with E-state index in [-0.39, 0.29) is 11.9 Å². The van der Waals surface area contributed by atoms with Crippen molar-refractivity contribution in [3.8, 4) is 0 Å². The van der Waals surface area contributed by atoms with Gasteiger partial charge in [0, 0.05) is 11.7 Å². The summed E-state index contributed by atoms with van der Waals surface area (Å²) in [5.74, 6) is 0.388. The minimum Gasteiger partial charge on any atom is -0.349 e. The molecule has 1 aliphatic carbocycles. The Morgan fingerprint density at radius 1 is 1.44 bits per heavy atom. The van der Waals surface area contributed by atoms with Crippen molar-refractivity contribution in [2.45, 2.75) is 45.6 Å². The van der Waals surface area contributed by atoms with E-state index in [1.807, 2.05) is 13.8 Å². The molecule has 0 aromatic carbocycles. The quantitative estimate of drug-likeness (QED) is 0.755. The number of aryl methyl sites for hydroxylation is 2. The molecule has 1 heterocycles. The zero-order valence-corrected chi connectivity index (χ0v) is 11.1. The number of nitrogens with zero attached hydrogens (tertiary/aromatic N) is 1. The van der Waals surface area contributed by atoms with Crippen molar-refractivity contribution in [3.05, 3.63) is 17.0 Å². The predicted molar refractivity (Wildman–Crippen MR) is 70.3 cm³/mol. The molecular formula is C13H22N4O. The monoisotopic (exact) mass is 250 g/mol. The number of rotatable bonds is 3. The molecule has 18 heavy (non-hydrogen) atoms. The van der Waals surface area contributed by atoms with Crippen LogP contribution in [0.25, 0.3) is 0 Å². The largest absolute Gasteiger partial charge is 0.349 e. The normalized spacial score (nSPS) is 23.9. The average Bonchev–Trinajstić information content (AvgIpc) is 2.69. The second kappa shape index (κ2) is 5.52. The van der Waals surface area contributed by atoms with Crippen LogP contribution < -0.4 is 11.1 Å². The lowest BCUT2D eigenvalue weighted by Gasteiger charge is -2.31. The maximum absolute atomic E-state index is 12.3. The van der Waals surface area contributed by atoms with Gasteiger partial charge in [-0.25, -0.2) is 0 Å². The number of nitrogens with one attached hydrogen (secondary N) is 2. The van der Waals surface area contributed by atoms with Gasteiger partial charge in [-0.15, -0.1) is 0 Å². The van der Waals surface area contributed by atoms with Crippen LogP contribution in [0.5, 0.6) is 0 Å². The van der Waals surface area contributed by atoms with Gasteiger partial charge in [-0.2, -0.15) is 5.10 Å². The van der Waals surface area contributed by atoms with E-state index < -0.39 is 0 Å². The smallest absolute Gasteiger partial charge is 0.255 e. The highest BCUT2D eigenvalue weighted by atomic mass is 16.1. The molecule has 0 aliphatic heterocycles. The first-order valence-corrected chi connectivity index (χ1v) is 6.66. The number of aromatic amines is 1. The van der Waals surface area contributed by atoms with Crippen LogP contribution in [0.1, 0.15) is 47.4 Å². The van der Waals surface area contributed by atoms with Crippen LogP contribution in [0.3, 0.4) is 0 Å². The Bertz CT molecular complexity index is 407. The Balaban J connectivity index is 2.06. The highest BCUT2D eigenvalue weighted by Gasteiger charge is 2.27. The highest BCUT2D eigenvalue weighted by Crippen LogP contribution is 2.24. The van der Waals surface area contributed by atoms with Crippen molar-refractivity contribution in [2.75, 3.05) is 6.54 Å². The zero-order valence-electron chi connectivity index (χ0n) is 11.1. The lowest BCUT2D eigenvalue weighted by atomic mass is 9.84. The predicted octanol–water partition coefficient (Wildman–Crippen LogP) is 1.27. The molecule has 5 nitrogen and oxygen atoms in total. The average molecular weight is 250 g/mol. The standard InChI is InChI=1S/C13H22N4O/c1-8-12(9(2)17-16-8)13(18)15-11-6-4-3-5-10(11)7-14/h10-11H,3-7,14H2,1-2H3,(H,15,18)(H,16,17). The van der Waals surface area contributed by atoms with E-state index in [1.165, 1.54) is 12.8 Å². The maximum Gasteiger partial charge on any atom is 0.255 e. The number of hydrogen-bond acceptors (Lipinski definition) is 3. The van der Waals surface area contributed by atoms with E-state index in [4.69, 9.17) is 5.73 Å². The molecule has 1 amide bonds. The summed E-state index contributed by atoms with van der Waals surface area (Å²) in [4.78, 5) is 12.3. The summed E-state index contributed by atoms with van der Waals surface area (Å²) in [6.45, 7) is 4.37. The fourth-order valence-electron chi connectivity index (χ4n) is 2.81. The molecule has 1 aromatic heterocycles. The molecular weight excluding hydrogens is 228 g/mol. The van der Waals surface area contributed by atoms with Crippen LogP contribution in [-0.4, -0.2) is 28.7 Å². The van der Waals surface area contributed by atoms with Gasteiger partial charge in [0.1, 0.15) is 0 Å². The molecule has 1 fully saturated rings. The lowest BCUT2D eigenvalue weighted by molar-refractivity contribution is 0.0907. The van der Waals surface area contributed by atoms with Gasteiger partial charge in [-0.05, 0) is 39.2 Å². The molecule has 0 saturated heterocycles. The number of carbonyl (C=O) groups excluding carboxylic acids is 1. The summed E-state index contributed by atoms with van der Waals surface area (Å²) in [7, 11) is 0. The molecule has 2 rings (SSSR count). The summed E-state index contributed by atoms with van der Waals surface area (Å²) in [6.07, 6.45) is 4.54. The number of amides is 1. The number of H-pyrrole nitrogens is 1. The van der Waals surface area contributed by atoms with Gasteiger partial charge < -0.3 is 11.1 Å². The molecule has 5 heteroatoms. The third kappa shape index (κ3) is 2.56. The summed E-state index contributed by atoms with van der Waals surface area (Å²) in [6, 6.07) is 0.213. The molecule has 2 unspecified atom stereocenters. The maximum atomic E-state index is 12.3. The molecule has 2 atom stereocenters. The third-order valence-corrected chi connectivity index (χ3v) is 3.88. The molecule has 1 aromatic rings. The lowest BCUT2D eigenvalue weighted by Crippen LogP contribution is -2.44. The first kappa shape index (κ1) is 13.1. The Kier molecular flexibility index (Phi) is 4.01. The fraction of sp³-hybridized carbons (Fsp3) is 0.692. The van der Waals surface area contributed by atoms with E-state index in [0.717, 1.165) is 24.2 Å². The number of aromatic nitrogens is 2. The Morgan fingerprint density at radius 2 is 2.17 bits per heavy atom. The van der Waals surface area contributed by atoms with E-state index in [1.54, 1.807) is 0 Å². The minimum atomic E-state index is -0.0240. The molecule has 0 bridgehead atoms. The van der Waals surface area contributed by atoms with Crippen LogP contribution in [0.15, 0.2) is 0 Å². The van der Waals surface area contributed by atoms with Crippen molar-refractivity contribution < 1.29 is 4.79 Å². The number of hydrogen-bond donors (Lipinski definition) is 3. The second-order valence-electron chi connectivity index (χ2n) is 5.17. The first-order chi connectivity index (χ1) is 8.63. The van der Waals surface area contributed by atoms with Crippen LogP contribution in [0, 0.1) is 19.8 Å². The van der Waals surface area contributed by atoms with Crippen molar-refractivity contribution in [1.29, 1.82) is 0 Å². The molecule has 0 spiro atoms. The van der Waals surface area contributed by atoms with Gasteiger partial charge in [0.15, 0.2) is 0 Å². The molecule has 100 valence electrons. The second-order valence-corrected chi connectivity index (χ2v) is 5.17. The molecule has 1 saturated carbocycles. The van der Waals surface area contributed by atoms with Gasteiger partial charge in [-0.1, -0.05) is 12.8 Å². The highest BCUT2D eigenvalue weighted by molar-refractivity contribution is 5.96. The Morgan fingerprint density at radius 3 is 2.78 bits per heavy atom.